The second kappa shape index (κ2) is 7.32. The molecule has 0 radical (unpaired) electrons. The molecule has 4 nitrogen and oxygen atoms in total. The maximum absolute atomic E-state index is 13.6. The minimum absolute atomic E-state index is 0.00416. The van der Waals surface area contributed by atoms with Gasteiger partial charge in [-0.05, 0) is 37.0 Å². The number of hydrogen-bond acceptors (Lipinski definition) is 2. The number of nitrogens with one attached hydrogen (secondary N) is 1. The van der Waals surface area contributed by atoms with Gasteiger partial charge in [0.05, 0.1) is 12.0 Å². The quantitative estimate of drug-likeness (QED) is 0.924. The van der Waals surface area contributed by atoms with Crippen LogP contribution in [0.1, 0.15) is 56.6 Å². The maximum Gasteiger partial charge on any atom is 0.225 e. The number of benzene rings is 1. The fourth-order valence-electron chi connectivity index (χ4n) is 4.01. The van der Waals surface area contributed by atoms with Crippen molar-refractivity contribution in [3.63, 3.8) is 0 Å². The smallest absolute Gasteiger partial charge is 0.225 e. The summed E-state index contributed by atoms with van der Waals surface area (Å²) < 4.78 is 13.6. The number of carbonyl (C=O) groups excluding carboxylic acids is 2. The highest BCUT2D eigenvalue weighted by molar-refractivity contribution is 5.85. The molecule has 1 saturated carbocycles. The Labute approximate surface area is 142 Å². The van der Waals surface area contributed by atoms with E-state index in [1.165, 1.54) is 18.6 Å². The molecule has 1 aliphatic carbocycles. The van der Waals surface area contributed by atoms with E-state index in [4.69, 9.17) is 0 Å². The van der Waals surface area contributed by atoms with Gasteiger partial charge in [-0.2, -0.15) is 0 Å². The summed E-state index contributed by atoms with van der Waals surface area (Å²) in [6, 6.07) is 6.08. The summed E-state index contributed by atoms with van der Waals surface area (Å²) in [5, 5.41) is 3.17. The summed E-state index contributed by atoms with van der Waals surface area (Å²) in [7, 11) is 1.71. The summed E-state index contributed by atoms with van der Waals surface area (Å²) in [6.07, 6.45) is 6.48. The van der Waals surface area contributed by atoms with E-state index in [1.807, 2.05) is 0 Å². The molecule has 0 spiro atoms. The Hall–Kier alpha value is -1.91. The normalized spacial score (nSPS) is 25.6. The van der Waals surface area contributed by atoms with Gasteiger partial charge < -0.3 is 10.2 Å². The van der Waals surface area contributed by atoms with Crippen molar-refractivity contribution in [2.24, 2.45) is 5.92 Å². The molecular formula is C19H25FN2O2. The molecule has 1 saturated heterocycles. The molecule has 3 rings (SSSR count). The van der Waals surface area contributed by atoms with Crippen molar-refractivity contribution in [3.05, 3.63) is 35.6 Å². The first-order chi connectivity index (χ1) is 11.6. The number of amides is 2. The van der Waals surface area contributed by atoms with E-state index >= 15 is 0 Å². The lowest BCUT2D eigenvalue weighted by Crippen LogP contribution is -2.48. The first-order valence-corrected chi connectivity index (χ1v) is 8.88. The van der Waals surface area contributed by atoms with Crippen LogP contribution in [-0.4, -0.2) is 29.8 Å². The van der Waals surface area contributed by atoms with Crippen molar-refractivity contribution in [1.82, 2.24) is 10.2 Å². The monoisotopic (exact) mass is 332 g/mol. The van der Waals surface area contributed by atoms with Crippen LogP contribution in [0.25, 0.3) is 0 Å². The predicted octanol–water partition coefficient (Wildman–Crippen LogP) is 3.18. The fourth-order valence-corrected chi connectivity index (χ4v) is 4.01. The van der Waals surface area contributed by atoms with Gasteiger partial charge in [0.1, 0.15) is 5.82 Å². The highest BCUT2D eigenvalue weighted by Gasteiger charge is 2.39. The van der Waals surface area contributed by atoms with Crippen molar-refractivity contribution in [3.8, 4) is 0 Å². The predicted molar refractivity (Wildman–Crippen MR) is 89.7 cm³/mol. The van der Waals surface area contributed by atoms with Crippen LogP contribution >= 0.6 is 0 Å². The first kappa shape index (κ1) is 16.9. The summed E-state index contributed by atoms with van der Waals surface area (Å²) >= 11 is 0. The van der Waals surface area contributed by atoms with E-state index in [1.54, 1.807) is 24.1 Å². The lowest BCUT2D eigenvalue weighted by Gasteiger charge is -2.39. The van der Waals surface area contributed by atoms with Gasteiger partial charge in [-0.25, -0.2) is 4.39 Å². The SMILES string of the molecule is CN1C(=O)CC[C@@H](C(=O)NC2CCCCC2)[C@H]1c1cccc(F)c1. The van der Waals surface area contributed by atoms with Crippen molar-refractivity contribution in [2.75, 3.05) is 7.05 Å². The van der Waals surface area contributed by atoms with E-state index in [-0.39, 0.29) is 29.6 Å². The lowest BCUT2D eigenvalue weighted by atomic mass is 9.83. The fraction of sp³-hybridized carbons (Fsp3) is 0.579. The largest absolute Gasteiger partial charge is 0.353 e. The number of likely N-dealkylation sites (tertiary alicyclic amines) is 1. The standard InChI is InChI=1S/C19H25FN2O2/c1-22-17(23)11-10-16(18(22)13-6-5-7-14(20)12-13)19(24)21-15-8-3-2-4-9-15/h5-7,12,15-16,18H,2-4,8-11H2,1H3,(H,21,24)/t16-,18-/m1/s1. The highest BCUT2D eigenvalue weighted by Crippen LogP contribution is 2.36. The molecular weight excluding hydrogens is 307 g/mol. The number of rotatable bonds is 3. The average molecular weight is 332 g/mol. The molecule has 1 aliphatic heterocycles. The van der Waals surface area contributed by atoms with Gasteiger partial charge in [-0.3, -0.25) is 9.59 Å². The van der Waals surface area contributed by atoms with E-state index < -0.39 is 6.04 Å². The Morgan fingerprint density at radius 2 is 1.96 bits per heavy atom. The van der Waals surface area contributed by atoms with Crippen LogP contribution in [0, 0.1) is 11.7 Å². The second-order valence-electron chi connectivity index (χ2n) is 6.99. The van der Waals surface area contributed by atoms with Crippen LogP contribution in [0.5, 0.6) is 0 Å². The minimum atomic E-state index is -0.398. The van der Waals surface area contributed by atoms with Crippen LogP contribution in [-0.2, 0) is 9.59 Å². The van der Waals surface area contributed by atoms with E-state index in [0.29, 0.717) is 18.4 Å². The van der Waals surface area contributed by atoms with Crippen molar-refractivity contribution in [2.45, 2.75) is 57.0 Å². The number of carbonyl (C=O) groups is 2. The van der Waals surface area contributed by atoms with Crippen LogP contribution in [0.4, 0.5) is 4.39 Å². The molecule has 5 heteroatoms. The molecule has 1 aromatic rings. The van der Waals surface area contributed by atoms with Crippen LogP contribution in [0.2, 0.25) is 0 Å². The third-order valence-electron chi connectivity index (χ3n) is 5.34. The van der Waals surface area contributed by atoms with Gasteiger partial charge in [0.15, 0.2) is 0 Å². The van der Waals surface area contributed by atoms with Gasteiger partial charge in [-0.1, -0.05) is 31.4 Å². The second-order valence-corrected chi connectivity index (χ2v) is 6.99. The average Bonchev–Trinajstić information content (AvgIpc) is 2.58. The molecule has 0 bridgehead atoms. The zero-order valence-electron chi connectivity index (χ0n) is 14.1. The van der Waals surface area contributed by atoms with E-state index in [2.05, 4.69) is 5.32 Å². The Balaban J connectivity index is 1.80. The topological polar surface area (TPSA) is 49.4 Å². The maximum atomic E-state index is 13.6. The summed E-state index contributed by atoms with van der Waals surface area (Å²) in [5.41, 5.74) is 0.689. The van der Waals surface area contributed by atoms with Gasteiger partial charge >= 0.3 is 0 Å². The van der Waals surface area contributed by atoms with Gasteiger partial charge in [0, 0.05) is 19.5 Å². The molecule has 2 aliphatic rings. The van der Waals surface area contributed by atoms with Gasteiger partial charge in [0.2, 0.25) is 11.8 Å². The van der Waals surface area contributed by atoms with E-state index in [0.717, 1.165) is 25.7 Å². The summed E-state index contributed by atoms with van der Waals surface area (Å²) in [6.45, 7) is 0. The Morgan fingerprint density at radius 3 is 2.67 bits per heavy atom. The van der Waals surface area contributed by atoms with Crippen LogP contribution < -0.4 is 5.32 Å². The number of nitrogens with zero attached hydrogens (tertiary/aromatic N) is 1. The Kier molecular flexibility index (Phi) is 5.17. The van der Waals surface area contributed by atoms with Gasteiger partial charge in [0.25, 0.3) is 0 Å². The lowest BCUT2D eigenvalue weighted by molar-refractivity contribution is -0.142. The van der Waals surface area contributed by atoms with Crippen molar-refractivity contribution >= 4 is 11.8 Å². The van der Waals surface area contributed by atoms with E-state index in [9.17, 15) is 14.0 Å². The van der Waals surface area contributed by atoms with Gasteiger partial charge in [-0.15, -0.1) is 0 Å². The third kappa shape index (κ3) is 3.60. The number of halogens is 1. The Morgan fingerprint density at radius 1 is 1.21 bits per heavy atom. The summed E-state index contributed by atoms with van der Waals surface area (Å²) in [4.78, 5) is 26.6. The van der Waals surface area contributed by atoms with Crippen LogP contribution in [0.15, 0.2) is 24.3 Å². The number of hydrogen-bond donors (Lipinski definition) is 1. The van der Waals surface area contributed by atoms with Crippen LogP contribution in [0.3, 0.4) is 0 Å². The van der Waals surface area contributed by atoms with Crippen molar-refractivity contribution < 1.29 is 14.0 Å². The summed E-state index contributed by atoms with van der Waals surface area (Å²) in [5.74, 6) is -0.664. The highest BCUT2D eigenvalue weighted by atomic mass is 19.1. The molecule has 2 amide bonds. The Bertz CT molecular complexity index is 613. The molecule has 1 heterocycles. The molecule has 0 unspecified atom stereocenters. The molecule has 0 aromatic heterocycles. The molecule has 24 heavy (non-hydrogen) atoms. The molecule has 2 fully saturated rings. The molecule has 1 aromatic carbocycles. The molecule has 130 valence electrons. The minimum Gasteiger partial charge on any atom is -0.353 e. The zero-order valence-corrected chi connectivity index (χ0v) is 14.1. The van der Waals surface area contributed by atoms with Crippen molar-refractivity contribution in [1.29, 1.82) is 0 Å². The molecule has 2 atom stereocenters. The zero-order chi connectivity index (χ0) is 17.1. The third-order valence-corrected chi connectivity index (χ3v) is 5.34. The first-order valence-electron chi connectivity index (χ1n) is 8.88. The molecule has 1 N–H and O–H groups in total. The number of piperidine rings is 1.